The standard InChI is InChI=1S/C17H19N3O2S/c1-17(22,13-7-9-23-10-13)11-18-16(21)6-8-20-12-19-14-4-2-3-5-15(14)20/h2-5,7,9-10,12,22H,6,8,11H2,1H3,(H,18,21)/t17-/m1/s1. The Balaban J connectivity index is 1.54. The number of aryl methyl sites for hydroxylation is 1. The largest absolute Gasteiger partial charge is 0.384 e. The van der Waals surface area contributed by atoms with E-state index in [1.165, 1.54) is 11.3 Å². The van der Waals surface area contributed by atoms with Crippen molar-refractivity contribution in [3.8, 4) is 0 Å². The zero-order valence-corrected chi connectivity index (χ0v) is 13.7. The molecular weight excluding hydrogens is 310 g/mol. The van der Waals surface area contributed by atoms with Crippen LogP contribution in [0, 0.1) is 0 Å². The van der Waals surface area contributed by atoms with Crippen LogP contribution in [0.4, 0.5) is 0 Å². The number of benzene rings is 1. The molecule has 0 saturated heterocycles. The van der Waals surface area contributed by atoms with E-state index in [0.717, 1.165) is 16.6 Å². The summed E-state index contributed by atoms with van der Waals surface area (Å²) in [4.78, 5) is 16.3. The van der Waals surface area contributed by atoms with E-state index >= 15 is 0 Å². The maximum absolute atomic E-state index is 12.0. The van der Waals surface area contributed by atoms with E-state index in [9.17, 15) is 9.90 Å². The zero-order valence-electron chi connectivity index (χ0n) is 12.9. The Hall–Kier alpha value is -2.18. The van der Waals surface area contributed by atoms with Gasteiger partial charge in [-0.05, 0) is 41.4 Å². The fraction of sp³-hybridized carbons (Fsp3) is 0.294. The van der Waals surface area contributed by atoms with Crippen molar-refractivity contribution in [1.82, 2.24) is 14.9 Å². The molecule has 120 valence electrons. The number of aliphatic hydroxyl groups is 1. The highest BCUT2D eigenvalue weighted by Crippen LogP contribution is 2.22. The molecule has 1 atom stereocenters. The summed E-state index contributed by atoms with van der Waals surface area (Å²) in [6.45, 7) is 2.47. The summed E-state index contributed by atoms with van der Waals surface area (Å²) in [7, 11) is 0. The van der Waals surface area contributed by atoms with Gasteiger partial charge in [0, 0.05) is 13.0 Å². The van der Waals surface area contributed by atoms with E-state index in [4.69, 9.17) is 0 Å². The summed E-state index contributed by atoms with van der Waals surface area (Å²) < 4.78 is 1.96. The van der Waals surface area contributed by atoms with Crippen molar-refractivity contribution in [3.63, 3.8) is 0 Å². The molecule has 1 aromatic carbocycles. The number of nitrogens with one attached hydrogen (secondary N) is 1. The van der Waals surface area contributed by atoms with Crippen LogP contribution in [-0.4, -0.2) is 27.1 Å². The van der Waals surface area contributed by atoms with Gasteiger partial charge in [0.15, 0.2) is 0 Å². The van der Waals surface area contributed by atoms with Gasteiger partial charge in [-0.25, -0.2) is 4.98 Å². The van der Waals surface area contributed by atoms with Crippen LogP contribution in [0.25, 0.3) is 11.0 Å². The number of carbonyl (C=O) groups is 1. The number of carbonyl (C=O) groups excluding carboxylic acids is 1. The van der Waals surface area contributed by atoms with Gasteiger partial charge in [0.2, 0.25) is 5.91 Å². The average molecular weight is 329 g/mol. The fourth-order valence-corrected chi connectivity index (χ4v) is 3.23. The van der Waals surface area contributed by atoms with Crippen molar-refractivity contribution in [2.75, 3.05) is 6.54 Å². The van der Waals surface area contributed by atoms with E-state index in [1.54, 1.807) is 13.3 Å². The van der Waals surface area contributed by atoms with Gasteiger partial charge in [-0.3, -0.25) is 4.79 Å². The monoisotopic (exact) mass is 329 g/mol. The van der Waals surface area contributed by atoms with E-state index in [0.29, 0.717) is 13.0 Å². The first-order valence-electron chi connectivity index (χ1n) is 7.48. The minimum atomic E-state index is -1.04. The molecule has 0 fully saturated rings. The molecule has 0 aliphatic rings. The molecule has 3 aromatic rings. The number of rotatable bonds is 6. The first-order valence-corrected chi connectivity index (χ1v) is 8.42. The molecule has 3 rings (SSSR count). The van der Waals surface area contributed by atoms with Crippen molar-refractivity contribution >= 4 is 28.3 Å². The summed E-state index contributed by atoms with van der Waals surface area (Å²) in [5.74, 6) is -0.0849. The molecule has 2 heterocycles. The van der Waals surface area contributed by atoms with Crippen LogP contribution in [-0.2, 0) is 16.9 Å². The van der Waals surface area contributed by atoms with Gasteiger partial charge in [-0.1, -0.05) is 12.1 Å². The first kappa shape index (κ1) is 15.7. The van der Waals surface area contributed by atoms with Crippen LogP contribution in [0.5, 0.6) is 0 Å². The highest BCUT2D eigenvalue weighted by atomic mass is 32.1. The third-order valence-electron chi connectivity index (χ3n) is 3.88. The van der Waals surface area contributed by atoms with Crippen LogP contribution in [0.1, 0.15) is 18.9 Å². The second-order valence-electron chi connectivity index (χ2n) is 5.74. The molecule has 0 aliphatic carbocycles. The number of imidazole rings is 1. The topological polar surface area (TPSA) is 67.2 Å². The van der Waals surface area contributed by atoms with Gasteiger partial charge >= 0.3 is 0 Å². The number of aromatic nitrogens is 2. The number of hydrogen-bond acceptors (Lipinski definition) is 4. The zero-order chi connectivity index (χ0) is 16.3. The predicted octanol–water partition coefficient (Wildman–Crippen LogP) is 2.51. The van der Waals surface area contributed by atoms with Crippen LogP contribution in [0.15, 0.2) is 47.4 Å². The van der Waals surface area contributed by atoms with Crippen LogP contribution >= 0.6 is 11.3 Å². The van der Waals surface area contributed by atoms with Gasteiger partial charge in [0.1, 0.15) is 5.60 Å². The Morgan fingerprint density at radius 2 is 2.22 bits per heavy atom. The van der Waals surface area contributed by atoms with Gasteiger partial charge in [-0.2, -0.15) is 11.3 Å². The summed E-state index contributed by atoms with van der Waals surface area (Å²) in [5.41, 5.74) is 1.72. The lowest BCUT2D eigenvalue weighted by atomic mass is 9.99. The SMILES string of the molecule is C[C@@](O)(CNC(=O)CCn1cnc2ccccc21)c1ccsc1. The van der Waals surface area contributed by atoms with Gasteiger partial charge in [0.05, 0.1) is 23.9 Å². The number of fused-ring (bicyclic) bond motifs is 1. The lowest BCUT2D eigenvalue weighted by Crippen LogP contribution is -2.38. The molecule has 6 heteroatoms. The van der Waals surface area contributed by atoms with Crippen LogP contribution in [0.2, 0.25) is 0 Å². The number of thiophene rings is 1. The highest BCUT2D eigenvalue weighted by Gasteiger charge is 2.24. The van der Waals surface area contributed by atoms with Gasteiger partial charge < -0.3 is 15.0 Å². The lowest BCUT2D eigenvalue weighted by molar-refractivity contribution is -0.122. The van der Waals surface area contributed by atoms with E-state index in [1.807, 2.05) is 45.7 Å². The number of nitrogens with zero attached hydrogens (tertiary/aromatic N) is 2. The van der Waals surface area contributed by atoms with Crippen molar-refractivity contribution < 1.29 is 9.90 Å². The summed E-state index contributed by atoms with van der Waals surface area (Å²) in [6, 6.07) is 9.71. The molecule has 0 saturated carbocycles. The molecule has 0 aliphatic heterocycles. The summed E-state index contributed by atoms with van der Waals surface area (Å²) in [6.07, 6.45) is 2.10. The van der Waals surface area contributed by atoms with Crippen molar-refractivity contribution in [3.05, 3.63) is 53.0 Å². The fourth-order valence-electron chi connectivity index (χ4n) is 2.44. The van der Waals surface area contributed by atoms with Gasteiger partial charge in [0.25, 0.3) is 0 Å². The molecule has 2 N–H and O–H groups in total. The van der Waals surface area contributed by atoms with Crippen molar-refractivity contribution in [2.45, 2.75) is 25.5 Å². The van der Waals surface area contributed by atoms with Crippen molar-refractivity contribution in [1.29, 1.82) is 0 Å². The Morgan fingerprint density at radius 1 is 1.39 bits per heavy atom. The predicted molar refractivity (Wildman–Crippen MR) is 91.2 cm³/mol. The molecule has 0 unspecified atom stereocenters. The summed E-state index contributed by atoms with van der Waals surface area (Å²) in [5, 5.41) is 17.0. The van der Waals surface area contributed by atoms with Crippen LogP contribution < -0.4 is 5.32 Å². The highest BCUT2D eigenvalue weighted by molar-refractivity contribution is 7.08. The quantitative estimate of drug-likeness (QED) is 0.730. The molecule has 1 amide bonds. The maximum atomic E-state index is 12.0. The molecule has 0 bridgehead atoms. The molecule has 0 radical (unpaired) electrons. The second-order valence-corrected chi connectivity index (χ2v) is 6.52. The smallest absolute Gasteiger partial charge is 0.221 e. The summed E-state index contributed by atoms with van der Waals surface area (Å²) >= 11 is 1.53. The molecule has 0 spiro atoms. The lowest BCUT2D eigenvalue weighted by Gasteiger charge is -2.22. The number of para-hydroxylation sites is 2. The average Bonchev–Trinajstić information content (AvgIpc) is 3.21. The third kappa shape index (κ3) is 3.60. The Bertz CT molecular complexity index is 793. The van der Waals surface area contributed by atoms with E-state index < -0.39 is 5.60 Å². The van der Waals surface area contributed by atoms with Crippen LogP contribution in [0.3, 0.4) is 0 Å². The third-order valence-corrected chi connectivity index (χ3v) is 4.56. The number of hydrogen-bond donors (Lipinski definition) is 2. The minimum Gasteiger partial charge on any atom is -0.384 e. The molecule has 5 nitrogen and oxygen atoms in total. The van der Waals surface area contributed by atoms with E-state index in [2.05, 4.69) is 10.3 Å². The maximum Gasteiger partial charge on any atom is 0.221 e. The van der Waals surface area contributed by atoms with Crippen molar-refractivity contribution in [2.24, 2.45) is 0 Å². The Labute approximate surface area is 138 Å². The minimum absolute atomic E-state index is 0.0849. The van der Waals surface area contributed by atoms with Gasteiger partial charge in [-0.15, -0.1) is 0 Å². The first-order chi connectivity index (χ1) is 11.1. The Kier molecular flexibility index (Phi) is 4.45. The molecular formula is C17H19N3O2S. The normalized spacial score (nSPS) is 13.8. The van der Waals surface area contributed by atoms with E-state index in [-0.39, 0.29) is 12.5 Å². The Morgan fingerprint density at radius 3 is 3.00 bits per heavy atom. The second kappa shape index (κ2) is 6.52. The molecule has 2 aromatic heterocycles. The number of amides is 1. The molecule has 23 heavy (non-hydrogen) atoms.